The molecule has 2 rings (SSSR count). The minimum Gasteiger partial charge on any atom is -0.311 e. The molecule has 3 heteroatoms. The van der Waals surface area contributed by atoms with Gasteiger partial charge in [-0.05, 0) is 53.9 Å². The van der Waals surface area contributed by atoms with Crippen molar-refractivity contribution < 1.29 is 0 Å². The number of hydrogen-bond donors (Lipinski definition) is 1. The molecule has 2 fully saturated rings. The monoisotopic (exact) mass is 267 g/mol. The van der Waals surface area contributed by atoms with Gasteiger partial charge >= 0.3 is 0 Å². The summed E-state index contributed by atoms with van der Waals surface area (Å²) in [6, 6.07) is 3.72. The first-order valence-electron chi connectivity index (χ1n) is 8.24. The van der Waals surface area contributed by atoms with Crippen LogP contribution in [0, 0.1) is 0 Å². The standard InChI is InChI=1S/C16H33N3/c1-12(2)18(13(3)4)9-8-17-15-10-14(5)19(11-15)16-6-7-16/h12-17H,6-11H2,1-5H3. The maximum atomic E-state index is 3.78. The van der Waals surface area contributed by atoms with Crippen molar-refractivity contribution in [2.75, 3.05) is 19.6 Å². The lowest BCUT2D eigenvalue weighted by Gasteiger charge is -2.31. The third-order valence-electron chi connectivity index (χ3n) is 4.77. The Morgan fingerprint density at radius 3 is 2.32 bits per heavy atom. The Balaban J connectivity index is 1.68. The molecule has 0 radical (unpaired) electrons. The second-order valence-corrected chi connectivity index (χ2v) is 7.09. The summed E-state index contributed by atoms with van der Waals surface area (Å²) < 4.78 is 0. The first kappa shape index (κ1) is 15.3. The van der Waals surface area contributed by atoms with Gasteiger partial charge < -0.3 is 5.32 Å². The van der Waals surface area contributed by atoms with Crippen molar-refractivity contribution in [1.29, 1.82) is 0 Å². The summed E-state index contributed by atoms with van der Waals surface area (Å²) in [4.78, 5) is 5.30. The van der Waals surface area contributed by atoms with E-state index in [4.69, 9.17) is 0 Å². The van der Waals surface area contributed by atoms with Gasteiger partial charge in [0, 0.05) is 49.8 Å². The minimum absolute atomic E-state index is 0.646. The Morgan fingerprint density at radius 2 is 1.79 bits per heavy atom. The van der Waals surface area contributed by atoms with Crippen LogP contribution in [0.1, 0.15) is 53.9 Å². The van der Waals surface area contributed by atoms with Crippen molar-refractivity contribution in [3.8, 4) is 0 Å². The summed E-state index contributed by atoms with van der Waals surface area (Å²) >= 11 is 0. The van der Waals surface area contributed by atoms with E-state index in [9.17, 15) is 0 Å². The second-order valence-electron chi connectivity index (χ2n) is 7.09. The number of nitrogens with zero attached hydrogens (tertiary/aromatic N) is 2. The number of likely N-dealkylation sites (tertiary alicyclic amines) is 1. The fraction of sp³-hybridized carbons (Fsp3) is 1.00. The molecular formula is C16H33N3. The first-order chi connectivity index (χ1) is 8.99. The SMILES string of the molecule is CC(C)N(CCNC1CC(C)N(C2CC2)C1)C(C)C. The van der Waals surface area contributed by atoms with Crippen molar-refractivity contribution in [1.82, 2.24) is 15.1 Å². The van der Waals surface area contributed by atoms with Crippen LogP contribution in [-0.2, 0) is 0 Å². The van der Waals surface area contributed by atoms with Crippen molar-refractivity contribution in [2.45, 2.75) is 84.1 Å². The molecule has 1 aliphatic heterocycles. The first-order valence-corrected chi connectivity index (χ1v) is 8.24. The summed E-state index contributed by atoms with van der Waals surface area (Å²) in [5.41, 5.74) is 0. The van der Waals surface area contributed by atoms with Crippen molar-refractivity contribution in [3.63, 3.8) is 0 Å². The van der Waals surface area contributed by atoms with Crippen LogP contribution in [0.3, 0.4) is 0 Å². The summed E-state index contributed by atoms with van der Waals surface area (Å²) in [5.74, 6) is 0. The van der Waals surface area contributed by atoms with E-state index in [1.54, 1.807) is 0 Å². The van der Waals surface area contributed by atoms with E-state index in [1.807, 2.05) is 0 Å². The van der Waals surface area contributed by atoms with Crippen LogP contribution in [0.15, 0.2) is 0 Å². The van der Waals surface area contributed by atoms with E-state index < -0.39 is 0 Å². The van der Waals surface area contributed by atoms with Gasteiger partial charge in [0.2, 0.25) is 0 Å². The molecule has 2 unspecified atom stereocenters. The van der Waals surface area contributed by atoms with Gasteiger partial charge in [-0.15, -0.1) is 0 Å². The fourth-order valence-electron chi connectivity index (χ4n) is 3.63. The molecule has 0 aromatic heterocycles. The van der Waals surface area contributed by atoms with Crippen LogP contribution in [0.2, 0.25) is 0 Å². The molecule has 3 nitrogen and oxygen atoms in total. The molecule has 19 heavy (non-hydrogen) atoms. The van der Waals surface area contributed by atoms with Gasteiger partial charge in [0.25, 0.3) is 0 Å². The number of nitrogens with one attached hydrogen (secondary N) is 1. The predicted molar refractivity (Wildman–Crippen MR) is 82.6 cm³/mol. The van der Waals surface area contributed by atoms with Crippen molar-refractivity contribution in [3.05, 3.63) is 0 Å². The molecule has 2 aliphatic rings. The zero-order chi connectivity index (χ0) is 14.0. The lowest BCUT2D eigenvalue weighted by Crippen LogP contribution is -2.44. The van der Waals surface area contributed by atoms with E-state index >= 15 is 0 Å². The zero-order valence-corrected chi connectivity index (χ0v) is 13.5. The normalized spacial score (nSPS) is 29.1. The molecule has 112 valence electrons. The van der Waals surface area contributed by atoms with Gasteiger partial charge in [-0.25, -0.2) is 0 Å². The predicted octanol–water partition coefficient (Wildman–Crippen LogP) is 2.32. The van der Waals surface area contributed by atoms with Crippen LogP contribution in [0.5, 0.6) is 0 Å². The lowest BCUT2D eigenvalue weighted by atomic mass is 10.2. The number of rotatable bonds is 7. The van der Waals surface area contributed by atoms with Gasteiger partial charge in [0.15, 0.2) is 0 Å². The van der Waals surface area contributed by atoms with Gasteiger partial charge in [0.05, 0.1) is 0 Å². The zero-order valence-electron chi connectivity index (χ0n) is 13.5. The van der Waals surface area contributed by atoms with Gasteiger partial charge in [-0.2, -0.15) is 0 Å². The molecule has 0 amide bonds. The molecule has 0 spiro atoms. The highest BCUT2D eigenvalue weighted by Gasteiger charge is 2.38. The second kappa shape index (κ2) is 6.55. The van der Waals surface area contributed by atoms with E-state index in [-0.39, 0.29) is 0 Å². The Kier molecular flexibility index (Phi) is 5.27. The molecule has 2 atom stereocenters. The highest BCUT2D eigenvalue weighted by atomic mass is 15.3. The van der Waals surface area contributed by atoms with Crippen LogP contribution in [0.4, 0.5) is 0 Å². The van der Waals surface area contributed by atoms with E-state index in [1.165, 1.54) is 32.4 Å². The molecule has 0 aromatic carbocycles. The Morgan fingerprint density at radius 1 is 1.16 bits per heavy atom. The quantitative estimate of drug-likeness (QED) is 0.764. The molecular weight excluding hydrogens is 234 g/mol. The van der Waals surface area contributed by atoms with E-state index in [2.05, 4.69) is 49.7 Å². The van der Waals surface area contributed by atoms with Gasteiger partial charge in [-0.3, -0.25) is 9.80 Å². The summed E-state index contributed by atoms with van der Waals surface area (Å²) in [6.45, 7) is 15.2. The van der Waals surface area contributed by atoms with E-state index in [0.717, 1.165) is 24.7 Å². The van der Waals surface area contributed by atoms with Crippen LogP contribution >= 0.6 is 0 Å². The highest BCUT2D eigenvalue weighted by Crippen LogP contribution is 2.33. The molecule has 1 aliphatic carbocycles. The summed E-state index contributed by atoms with van der Waals surface area (Å²) in [7, 11) is 0. The molecule has 1 heterocycles. The summed E-state index contributed by atoms with van der Waals surface area (Å²) in [6.07, 6.45) is 4.21. The Bertz CT molecular complexity index is 265. The average Bonchev–Trinajstić information content (AvgIpc) is 3.08. The Labute approximate surface area is 119 Å². The topological polar surface area (TPSA) is 18.5 Å². The maximum Gasteiger partial charge on any atom is 0.0210 e. The van der Waals surface area contributed by atoms with Gasteiger partial charge in [-0.1, -0.05) is 0 Å². The third-order valence-corrected chi connectivity index (χ3v) is 4.77. The molecule has 1 saturated carbocycles. The number of hydrogen-bond acceptors (Lipinski definition) is 3. The van der Waals surface area contributed by atoms with Gasteiger partial charge in [0.1, 0.15) is 0 Å². The molecule has 1 saturated heterocycles. The van der Waals surface area contributed by atoms with E-state index in [0.29, 0.717) is 12.1 Å². The van der Waals surface area contributed by atoms with Crippen LogP contribution < -0.4 is 5.32 Å². The average molecular weight is 267 g/mol. The largest absolute Gasteiger partial charge is 0.311 e. The maximum absolute atomic E-state index is 3.78. The smallest absolute Gasteiger partial charge is 0.0210 e. The van der Waals surface area contributed by atoms with Crippen LogP contribution in [-0.4, -0.2) is 59.6 Å². The van der Waals surface area contributed by atoms with Crippen LogP contribution in [0.25, 0.3) is 0 Å². The minimum atomic E-state index is 0.646. The van der Waals surface area contributed by atoms with Crippen molar-refractivity contribution >= 4 is 0 Å². The third kappa shape index (κ3) is 4.17. The molecule has 1 N–H and O–H groups in total. The van der Waals surface area contributed by atoms with Crippen molar-refractivity contribution in [2.24, 2.45) is 0 Å². The molecule has 0 aromatic rings. The fourth-order valence-corrected chi connectivity index (χ4v) is 3.63. The molecule has 0 bridgehead atoms. The lowest BCUT2D eigenvalue weighted by molar-refractivity contribution is 0.173. The summed E-state index contributed by atoms with van der Waals surface area (Å²) in [5, 5.41) is 3.78. The highest BCUT2D eigenvalue weighted by molar-refractivity contribution is 4.96. The Hall–Kier alpha value is -0.120.